The molecule has 3 heterocycles. The number of amides is 1. The molecular weight excluding hydrogens is 392 g/mol. The van der Waals surface area contributed by atoms with E-state index in [1.54, 1.807) is 0 Å². The van der Waals surface area contributed by atoms with Crippen LogP contribution in [0.5, 0.6) is 0 Å². The van der Waals surface area contributed by atoms with E-state index in [4.69, 9.17) is 0 Å². The van der Waals surface area contributed by atoms with Crippen LogP contribution in [0.15, 0.2) is 53.3 Å². The van der Waals surface area contributed by atoms with Crippen molar-refractivity contribution in [2.75, 3.05) is 13.1 Å². The number of H-pyrrole nitrogens is 1. The molecule has 4 aromatic rings. The van der Waals surface area contributed by atoms with Crippen molar-refractivity contribution in [3.05, 3.63) is 75.7 Å². The second-order valence-electron chi connectivity index (χ2n) is 8.18. The van der Waals surface area contributed by atoms with Gasteiger partial charge in [-0.15, -0.1) is 5.10 Å². The van der Waals surface area contributed by atoms with Crippen LogP contribution < -0.4 is 10.9 Å². The van der Waals surface area contributed by atoms with E-state index < -0.39 is 0 Å². The Kier molecular flexibility index (Phi) is 4.99. The topological polar surface area (TPSA) is 95.4 Å². The highest BCUT2D eigenvalue weighted by Gasteiger charge is 2.25. The predicted molar refractivity (Wildman–Crippen MR) is 118 cm³/mol. The fourth-order valence-corrected chi connectivity index (χ4v) is 4.25. The number of aromatic nitrogens is 4. The third-order valence-corrected chi connectivity index (χ3v) is 5.90. The van der Waals surface area contributed by atoms with Gasteiger partial charge in [-0.1, -0.05) is 41.6 Å². The molecule has 0 spiro atoms. The van der Waals surface area contributed by atoms with Gasteiger partial charge in [0.1, 0.15) is 0 Å². The molecule has 1 saturated heterocycles. The van der Waals surface area contributed by atoms with E-state index in [1.807, 2.05) is 31.2 Å². The summed E-state index contributed by atoms with van der Waals surface area (Å²) in [5.74, 6) is -0.353. The number of hydrogen-bond acceptors (Lipinski definition) is 5. The lowest BCUT2D eigenvalue weighted by atomic mass is 10.0. The summed E-state index contributed by atoms with van der Waals surface area (Å²) in [5.41, 5.74) is 3.57. The molecule has 0 unspecified atom stereocenters. The van der Waals surface area contributed by atoms with Crippen LogP contribution in [-0.4, -0.2) is 49.7 Å². The van der Waals surface area contributed by atoms with Gasteiger partial charge in [0.2, 0.25) is 0 Å². The van der Waals surface area contributed by atoms with Crippen LogP contribution in [0.3, 0.4) is 0 Å². The zero-order valence-electron chi connectivity index (χ0n) is 17.3. The van der Waals surface area contributed by atoms with E-state index in [2.05, 4.69) is 49.8 Å². The summed E-state index contributed by atoms with van der Waals surface area (Å²) < 4.78 is 1.45. The largest absolute Gasteiger partial charge is 0.348 e. The number of likely N-dealkylation sites (tertiary alicyclic amines) is 1. The minimum atomic E-state index is -0.370. The van der Waals surface area contributed by atoms with Gasteiger partial charge in [0, 0.05) is 25.7 Å². The second-order valence-corrected chi connectivity index (χ2v) is 8.18. The minimum Gasteiger partial charge on any atom is -0.348 e. The number of aryl methyl sites for hydroxylation is 1. The summed E-state index contributed by atoms with van der Waals surface area (Å²) in [6, 6.07) is 16.1. The summed E-state index contributed by atoms with van der Waals surface area (Å²) in [6.45, 7) is 4.69. The number of carbonyl (C=O) groups excluding carboxylic acids is 1. The molecule has 2 aromatic carbocycles. The van der Waals surface area contributed by atoms with E-state index in [0.29, 0.717) is 11.0 Å². The van der Waals surface area contributed by atoms with E-state index in [0.717, 1.165) is 38.0 Å². The van der Waals surface area contributed by atoms with Crippen LogP contribution in [0, 0.1) is 6.92 Å². The fraction of sp³-hybridized carbons (Fsp3) is 0.304. The molecule has 5 rings (SSSR count). The Morgan fingerprint density at radius 1 is 1.16 bits per heavy atom. The first kappa shape index (κ1) is 19.4. The number of aromatic amines is 1. The molecule has 0 saturated carbocycles. The highest BCUT2D eigenvalue weighted by Crippen LogP contribution is 2.17. The van der Waals surface area contributed by atoms with Gasteiger partial charge in [-0.2, -0.15) is 0 Å². The highest BCUT2D eigenvalue weighted by molar-refractivity contribution is 5.99. The van der Waals surface area contributed by atoms with Gasteiger partial charge in [-0.05, 0) is 43.0 Å². The van der Waals surface area contributed by atoms with Crippen molar-refractivity contribution in [2.45, 2.75) is 32.4 Å². The monoisotopic (exact) mass is 416 g/mol. The molecule has 1 amide bonds. The van der Waals surface area contributed by atoms with Crippen LogP contribution in [-0.2, 0) is 6.54 Å². The van der Waals surface area contributed by atoms with Crippen LogP contribution >= 0.6 is 0 Å². The molecule has 2 aromatic heterocycles. The Labute approximate surface area is 178 Å². The minimum absolute atomic E-state index is 0.0541. The average molecular weight is 416 g/mol. The number of nitrogens with zero attached hydrogens (tertiary/aromatic N) is 4. The highest BCUT2D eigenvalue weighted by atomic mass is 16.2. The van der Waals surface area contributed by atoms with Crippen molar-refractivity contribution >= 4 is 22.5 Å². The Hall–Kier alpha value is -3.52. The molecule has 0 radical (unpaired) electrons. The first-order chi connectivity index (χ1) is 15.1. The SMILES string of the molecule is Cc1ccc2c(c1)[nH]c(=O)c1c(C(=O)NC3CCN(Cc4ccccc4)CC3)nnn12. The van der Waals surface area contributed by atoms with Crippen molar-refractivity contribution < 1.29 is 4.79 Å². The summed E-state index contributed by atoms with van der Waals surface area (Å²) >= 11 is 0. The van der Waals surface area contributed by atoms with Gasteiger partial charge in [-0.25, -0.2) is 4.52 Å². The van der Waals surface area contributed by atoms with Gasteiger partial charge >= 0.3 is 0 Å². The lowest BCUT2D eigenvalue weighted by Crippen LogP contribution is -2.44. The molecular formula is C23H24N6O2. The quantitative estimate of drug-likeness (QED) is 0.532. The maximum absolute atomic E-state index is 12.9. The van der Waals surface area contributed by atoms with E-state index in [1.165, 1.54) is 10.1 Å². The maximum atomic E-state index is 12.9. The zero-order valence-corrected chi connectivity index (χ0v) is 17.3. The Balaban J connectivity index is 1.30. The molecule has 8 nitrogen and oxygen atoms in total. The number of carbonyl (C=O) groups is 1. The van der Waals surface area contributed by atoms with Gasteiger partial charge in [0.05, 0.1) is 11.0 Å². The van der Waals surface area contributed by atoms with Gasteiger partial charge in [0.15, 0.2) is 11.2 Å². The molecule has 1 aliphatic heterocycles. The van der Waals surface area contributed by atoms with E-state index in [-0.39, 0.29) is 28.7 Å². The average Bonchev–Trinajstić information content (AvgIpc) is 3.22. The Morgan fingerprint density at radius 2 is 1.94 bits per heavy atom. The van der Waals surface area contributed by atoms with Crippen molar-refractivity contribution in [1.29, 1.82) is 0 Å². The molecule has 0 bridgehead atoms. The van der Waals surface area contributed by atoms with Crippen LogP contribution in [0.25, 0.3) is 16.6 Å². The summed E-state index contributed by atoms with van der Waals surface area (Å²) in [7, 11) is 0. The Morgan fingerprint density at radius 3 is 2.71 bits per heavy atom. The number of benzene rings is 2. The summed E-state index contributed by atoms with van der Waals surface area (Å²) in [4.78, 5) is 30.8. The molecule has 158 valence electrons. The molecule has 1 aliphatic rings. The smallest absolute Gasteiger partial charge is 0.277 e. The van der Waals surface area contributed by atoms with Crippen molar-refractivity contribution in [1.82, 2.24) is 30.0 Å². The zero-order chi connectivity index (χ0) is 21.4. The summed E-state index contributed by atoms with van der Waals surface area (Å²) in [6.07, 6.45) is 1.71. The number of rotatable bonds is 4. The fourth-order valence-electron chi connectivity index (χ4n) is 4.25. The van der Waals surface area contributed by atoms with Crippen LogP contribution in [0.1, 0.15) is 34.5 Å². The van der Waals surface area contributed by atoms with Crippen LogP contribution in [0.2, 0.25) is 0 Å². The van der Waals surface area contributed by atoms with E-state index in [9.17, 15) is 9.59 Å². The number of fused-ring (bicyclic) bond motifs is 3. The Bertz CT molecular complexity index is 1300. The molecule has 31 heavy (non-hydrogen) atoms. The predicted octanol–water partition coefficient (Wildman–Crippen LogP) is 2.27. The normalized spacial score (nSPS) is 15.5. The lowest BCUT2D eigenvalue weighted by molar-refractivity contribution is 0.0905. The standard InChI is InChI=1S/C23H24N6O2/c1-15-7-8-19-18(13-15)25-23(31)21-20(26-27-29(19)21)22(30)24-17-9-11-28(12-10-17)14-16-5-3-2-4-6-16/h2-8,13,17H,9-12,14H2,1H3,(H,24,30)(H,25,31). The lowest BCUT2D eigenvalue weighted by Gasteiger charge is -2.32. The van der Waals surface area contributed by atoms with Gasteiger partial charge in [-0.3, -0.25) is 14.5 Å². The molecule has 2 N–H and O–H groups in total. The molecule has 0 atom stereocenters. The third kappa shape index (κ3) is 3.82. The number of hydrogen-bond donors (Lipinski definition) is 2. The molecule has 0 aliphatic carbocycles. The maximum Gasteiger partial charge on any atom is 0.277 e. The number of nitrogens with one attached hydrogen (secondary N) is 2. The van der Waals surface area contributed by atoms with Crippen LogP contribution in [0.4, 0.5) is 0 Å². The van der Waals surface area contributed by atoms with Gasteiger partial charge in [0.25, 0.3) is 11.5 Å². The van der Waals surface area contributed by atoms with Gasteiger partial charge < -0.3 is 10.3 Å². The molecule has 8 heteroatoms. The number of piperidine rings is 1. The first-order valence-corrected chi connectivity index (χ1v) is 10.5. The van der Waals surface area contributed by atoms with Crippen molar-refractivity contribution in [3.8, 4) is 0 Å². The van der Waals surface area contributed by atoms with E-state index >= 15 is 0 Å². The molecule has 1 fully saturated rings. The summed E-state index contributed by atoms with van der Waals surface area (Å²) in [5, 5.41) is 11.2. The third-order valence-electron chi connectivity index (χ3n) is 5.90. The van der Waals surface area contributed by atoms with Crippen molar-refractivity contribution in [2.24, 2.45) is 0 Å². The first-order valence-electron chi connectivity index (χ1n) is 10.5. The van der Waals surface area contributed by atoms with Crippen molar-refractivity contribution in [3.63, 3.8) is 0 Å². The second kappa shape index (κ2) is 7.96.